The van der Waals surface area contributed by atoms with Crippen LogP contribution in [0.3, 0.4) is 0 Å². The Bertz CT molecular complexity index is 1610. The van der Waals surface area contributed by atoms with E-state index >= 15 is 0 Å². The molecule has 1 aliphatic rings. The Kier molecular flexibility index (Phi) is 7.25. The Morgan fingerprint density at radius 3 is 2.30 bits per heavy atom. The fourth-order valence-electron chi connectivity index (χ4n) is 5.49. The minimum absolute atomic E-state index is 0.00402. The molecule has 0 spiro atoms. The Labute approximate surface area is 229 Å². The lowest BCUT2D eigenvalue weighted by Gasteiger charge is -2.48. The standard InChI is InChI=1S/C30H28F3N5O2/c1-19-18-38(29(21-8-6-5-7-9-21)22-10-12-23(13-11-22)40-30(31,32)33)20(2)17-37(19)25-16-27(39)36(4)24-14-15-26(34-3)35-28(24)25/h5-16,19-20,29H,17-18H2,1-2,4H3/t19-,20+,29?/m0/s1. The van der Waals surface area contributed by atoms with Gasteiger partial charge in [-0.1, -0.05) is 49.0 Å². The zero-order valence-corrected chi connectivity index (χ0v) is 22.3. The largest absolute Gasteiger partial charge is 0.573 e. The lowest BCUT2D eigenvalue weighted by Crippen LogP contribution is -2.57. The molecule has 2 aromatic heterocycles. The van der Waals surface area contributed by atoms with Crippen molar-refractivity contribution >= 4 is 22.5 Å². The zero-order chi connectivity index (χ0) is 28.6. The number of alkyl halides is 3. The number of nitrogens with zero attached hydrogens (tertiary/aromatic N) is 5. The Morgan fingerprint density at radius 1 is 0.975 bits per heavy atom. The highest BCUT2D eigenvalue weighted by molar-refractivity contribution is 5.89. The summed E-state index contributed by atoms with van der Waals surface area (Å²) in [6.45, 7) is 12.8. The Morgan fingerprint density at radius 2 is 1.65 bits per heavy atom. The van der Waals surface area contributed by atoms with E-state index in [1.165, 1.54) is 16.7 Å². The van der Waals surface area contributed by atoms with Crippen LogP contribution in [0.5, 0.6) is 5.75 Å². The highest BCUT2D eigenvalue weighted by Gasteiger charge is 2.37. The van der Waals surface area contributed by atoms with Crippen molar-refractivity contribution in [3.63, 3.8) is 0 Å². The molecule has 0 amide bonds. The van der Waals surface area contributed by atoms with Crippen LogP contribution in [0.1, 0.15) is 31.0 Å². The minimum Gasteiger partial charge on any atom is -0.406 e. The Hall–Kier alpha value is -4.36. The van der Waals surface area contributed by atoms with E-state index in [9.17, 15) is 18.0 Å². The van der Waals surface area contributed by atoms with Gasteiger partial charge in [-0.3, -0.25) is 9.69 Å². The first-order valence-corrected chi connectivity index (χ1v) is 12.9. The van der Waals surface area contributed by atoms with Crippen LogP contribution in [0.4, 0.5) is 24.7 Å². The summed E-state index contributed by atoms with van der Waals surface area (Å²) < 4.78 is 43.8. The molecule has 1 saturated heterocycles. The summed E-state index contributed by atoms with van der Waals surface area (Å²) in [7, 11) is 1.69. The fourth-order valence-corrected chi connectivity index (χ4v) is 5.49. The molecule has 5 rings (SSSR count). The molecule has 0 bridgehead atoms. The van der Waals surface area contributed by atoms with Gasteiger partial charge in [-0.05, 0) is 49.2 Å². The van der Waals surface area contributed by atoms with Gasteiger partial charge in [0.15, 0.2) is 0 Å². The van der Waals surface area contributed by atoms with Gasteiger partial charge in [0, 0.05) is 38.3 Å². The van der Waals surface area contributed by atoms with E-state index in [1.807, 2.05) is 30.3 Å². The number of hydrogen-bond donors (Lipinski definition) is 0. The smallest absolute Gasteiger partial charge is 0.406 e. The molecule has 1 aliphatic heterocycles. The SMILES string of the molecule is [C-]#[N+]c1ccc2c(n1)c(N1C[C@@H](C)N(C(c3ccccc3)c3ccc(OC(F)(F)F)cc3)C[C@@H]1C)cc(=O)n2C. The van der Waals surface area contributed by atoms with Crippen LogP contribution >= 0.6 is 0 Å². The summed E-state index contributed by atoms with van der Waals surface area (Å²) in [6.07, 6.45) is -4.76. The first-order chi connectivity index (χ1) is 19.1. The summed E-state index contributed by atoms with van der Waals surface area (Å²) in [5.74, 6) is -0.00746. The lowest BCUT2D eigenvalue weighted by molar-refractivity contribution is -0.274. The van der Waals surface area contributed by atoms with Crippen LogP contribution in [0, 0.1) is 6.57 Å². The van der Waals surface area contributed by atoms with Gasteiger partial charge in [-0.15, -0.1) is 18.2 Å². The molecule has 3 heterocycles. The lowest BCUT2D eigenvalue weighted by atomic mass is 9.93. The molecule has 10 heteroatoms. The van der Waals surface area contributed by atoms with Crippen LogP contribution in [0.25, 0.3) is 15.9 Å². The number of aromatic nitrogens is 2. The van der Waals surface area contributed by atoms with Crippen molar-refractivity contribution in [2.75, 3.05) is 18.0 Å². The number of hydrogen-bond acceptors (Lipinski definition) is 5. The minimum atomic E-state index is -4.76. The van der Waals surface area contributed by atoms with Crippen LogP contribution in [0.2, 0.25) is 0 Å². The highest BCUT2D eigenvalue weighted by atomic mass is 19.4. The van der Waals surface area contributed by atoms with Gasteiger partial charge >= 0.3 is 6.36 Å². The van der Waals surface area contributed by atoms with Crippen molar-refractivity contribution in [3.05, 3.63) is 106 Å². The van der Waals surface area contributed by atoms with Crippen LogP contribution in [-0.4, -0.2) is 46.0 Å². The number of aryl methyl sites for hydroxylation is 1. The second-order valence-electron chi connectivity index (χ2n) is 10.1. The fraction of sp³-hybridized carbons (Fsp3) is 0.300. The normalized spacial score (nSPS) is 18.9. The van der Waals surface area contributed by atoms with Gasteiger partial charge in [-0.25, -0.2) is 0 Å². The summed E-state index contributed by atoms with van der Waals surface area (Å²) in [6, 6.07) is 20.6. The molecule has 0 N–H and O–H groups in total. The van der Waals surface area contributed by atoms with Crippen LogP contribution in [-0.2, 0) is 7.05 Å². The number of piperazine rings is 1. The van der Waals surface area contributed by atoms with Gasteiger partial charge in [0.2, 0.25) is 5.52 Å². The monoisotopic (exact) mass is 547 g/mol. The second-order valence-corrected chi connectivity index (χ2v) is 10.1. The van der Waals surface area contributed by atoms with E-state index in [1.54, 1.807) is 37.4 Å². The van der Waals surface area contributed by atoms with E-state index < -0.39 is 6.36 Å². The first-order valence-electron chi connectivity index (χ1n) is 12.9. The summed E-state index contributed by atoms with van der Waals surface area (Å²) in [5, 5.41) is 0. The van der Waals surface area contributed by atoms with Gasteiger partial charge in [0.1, 0.15) is 5.75 Å². The molecule has 206 valence electrons. The second kappa shape index (κ2) is 10.7. The van der Waals surface area contributed by atoms with Crippen LogP contribution < -0.4 is 15.2 Å². The van der Waals surface area contributed by atoms with E-state index in [0.29, 0.717) is 29.8 Å². The molecule has 0 saturated carbocycles. The van der Waals surface area contributed by atoms with Gasteiger partial charge in [-0.2, -0.15) is 0 Å². The molecule has 1 fully saturated rings. The van der Waals surface area contributed by atoms with Crippen molar-refractivity contribution in [1.82, 2.24) is 14.5 Å². The molecule has 4 aromatic rings. The zero-order valence-electron chi connectivity index (χ0n) is 22.3. The van der Waals surface area contributed by atoms with E-state index in [-0.39, 0.29) is 35.3 Å². The topological polar surface area (TPSA) is 55.0 Å². The molecule has 0 aliphatic carbocycles. The number of halogens is 3. The van der Waals surface area contributed by atoms with Crippen molar-refractivity contribution in [1.29, 1.82) is 0 Å². The summed E-state index contributed by atoms with van der Waals surface area (Å²) >= 11 is 0. The third-order valence-electron chi connectivity index (χ3n) is 7.39. The molecule has 2 aromatic carbocycles. The Balaban J connectivity index is 1.51. The maximum absolute atomic E-state index is 12.9. The van der Waals surface area contributed by atoms with Gasteiger partial charge < -0.3 is 19.0 Å². The van der Waals surface area contributed by atoms with E-state index in [4.69, 9.17) is 6.57 Å². The maximum atomic E-state index is 12.9. The summed E-state index contributed by atoms with van der Waals surface area (Å²) in [4.78, 5) is 25.4. The van der Waals surface area contributed by atoms with E-state index in [2.05, 4.69) is 38.2 Å². The van der Waals surface area contributed by atoms with Crippen molar-refractivity contribution in [2.24, 2.45) is 7.05 Å². The van der Waals surface area contributed by atoms with Gasteiger partial charge in [0.25, 0.3) is 11.4 Å². The molecule has 1 unspecified atom stereocenters. The van der Waals surface area contributed by atoms with Crippen molar-refractivity contribution in [2.45, 2.75) is 38.3 Å². The molecule has 7 nitrogen and oxygen atoms in total. The molecule has 40 heavy (non-hydrogen) atoms. The van der Waals surface area contributed by atoms with Gasteiger partial charge in [0.05, 0.1) is 17.2 Å². The molecular formula is C30H28F3N5O2. The average molecular weight is 548 g/mol. The average Bonchev–Trinajstić information content (AvgIpc) is 2.93. The molecule has 3 atom stereocenters. The maximum Gasteiger partial charge on any atom is 0.573 e. The quantitative estimate of drug-likeness (QED) is 0.284. The number of benzene rings is 2. The number of fused-ring (bicyclic) bond motifs is 1. The van der Waals surface area contributed by atoms with Crippen molar-refractivity contribution in [3.8, 4) is 5.75 Å². The van der Waals surface area contributed by atoms with Crippen LogP contribution in [0.15, 0.2) is 77.6 Å². The number of rotatable bonds is 5. The summed E-state index contributed by atoms with van der Waals surface area (Å²) in [5.41, 5.74) is 3.64. The highest BCUT2D eigenvalue weighted by Crippen LogP contribution is 2.37. The number of pyridine rings is 2. The first kappa shape index (κ1) is 27.2. The number of ether oxygens (including phenoxy) is 1. The number of anilines is 1. The van der Waals surface area contributed by atoms with E-state index in [0.717, 1.165) is 11.1 Å². The predicted octanol–water partition coefficient (Wildman–Crippen LogP) is 6.07. The molecule has 0 radical (unpaired) electrons. The molecular weight excluding hydrogens is 519 g/mol. The van der Waals surface area contributed by atoms with Crippen molar-refractivity contribution < 1.29 is 17.9 Å². The third kappa shape index (κ3) is 5.38. The third-order valence-corrected chi connectivity index (χ3v) is 7.39. The predicted molar refractivity (Wildman–Crippen MR) is 148 cm³/mol.